The van der Waals surface area contributed by atoms with Crippen molar-refractivity contribution in [2.45, 2.75) is 36.0 Å². The molecule has 104 valence electrons. The van der Waals surface area contributed by atoms with Gasteiger partial charge in [0.1, 0.15) is 0 Å². The van der Waals surface area contributed by atoms with Crippen molar-refractivity contribution in [1.29, 1.82) is 0 Å². The highest BCUT2D eigenvalue weighted by Crippen LogP contribution is 2.25. The maximum absolute atomic E-state index is 12.4. The molecule has 1 amide bonds. The standard InChI is InChI=1S/C15H22N2OS/c1-12(19-14-8-4-3-5-9-14)15(18)17-10-6-7-13(11-17)16-2/h3-5,8-9,12-13,16H,6-7,10-11H2,1-2H3. The minimum Gasteiger partial charge on any atom is -0.340 e. The number of benzene rings is 1. The Kier molecular flexibility index (Phi) is 5.28. The molecule has 3 nitrogen and oxygen atoms in total. The highest BCUT2D eigenvalue weighted by atomic mass is 32.2. The number of piperidine rings is 1. The van der Waals surface area contributed by atoms with Gasteiger partial charge in [-0.15, -0.1) is 11.8 Å². The predicted octanol–water partition coefficient (Wildman–Crippen LogP) is 2.38. The first kappa shape index (κ1) is 14.4. The van der Waals surface area contributed by atoms with Crippen LogP contribution >= 0.6 is 11.8 Å². The second kappa shape index (κ2) is 6.96. The second-order valence-corrected chi connectivity index (χ2v) is 6.40. The molecule has 1 aliphatic heterocycles. The lowest BCUT2D eigenvalue weighted by Crippen LogP contribution is -2.49. The summed E-state index contributed by atoms with van der Waals surface area (Å²) in [4.78, 5) is 15.6. The maximum Gasteiger partial charge on any atom is 0.235 e. The highest BCUT2D eigenvalue weighted by Gasteiger charge is 2.26. The van der Waals surface area contributed by atoms with Crippen molar-refractivity contribution in [3.63, 3.8) is 0 Å². The third kappa shape index (κ3) is 3.98. The van der Waals surface area contributed by atoms with E-state index in [0.29, 0.717) is 6.04 Å². The van der Waals surface area contributed by atoms with E-state index >= 15 is 0 Å². The van der Waals surface area contributed by atoms with Crippen molar-refractivity contribution in [3.8, 4) is 0 Å². The number of carbonyl (C=O) groups excluding carboxylic acids is 1. The zero-order valence-electron chi connectivity index (χ0n) is 11.6. The Hall–Kier alpha value is -1.00. The monoisotopic (exact) mass is 278 g/mol. The van der Waals surface area contributed by atoms with Crippen LogP contribution < -0.4 is 5.32 Å². The molecule has 1 aliphatic rings. The van der Waals surface area contributed by atoms with Crippen LogP contribution in [0, 0.1) is 0 Å². The Morgan fingerprint density at radius 3 is 2.84 bits per heavy atom. The number of carbonyl (C=O) groups is 1. The Balaban J connectivity index is 1.91. The third-order valence-corrected chi connectivity index (χ3v) is 4.64. The molecule has 1 aromatic carbocycles. The summed E-state index contributed by atoms with van der Waals surface area (Å²) in [6.07, 6.45) is 2.26. The van der Waals surface area contributed by atoms with Gasteiger partial charge in [-0.05, 0) is 38.9 Å². The molecule has 0 aromatic heterocycles. The van der Waals surface area contributed by atoms with Crippen molar-refractivity contribution in [1.82, 2.24) is 10.2 Å². The minimum absolute atomic E-state index is 0.0157. The Morgan fingerprint density at radius 2 is 2.16 bits per heavy atom. The molecule has 0 aliphatic carbocycles. The summed E-state index contributed by atoms with van der Waals surface area (Å²) >= 11 is 1.64. The van der Waals surface area contributed by atoms with Crippen LogP contribution in [0.2, 0.25) is 0 Å². The van der Waals surface area contributed by atoms with E-state index in [0.717, 1.165) is 24.4 Å². The van der Waals surface area contributed by atoms with Crippen molar-refractivity contribution < 1.29 is 4.79 Å². The van der Waals surface area contributed by atoms with Gasteiger partial charge in [-0.1, -0.05) is 18.2 Å². The van der Waals surface area contributed by atoms with E-state index < -0.39 is 0 Å². The molecule has 1 heterocycles. The van der Waals surface area contributed by atoms with Crippen LogP contribution in [0.1, 0.15) is 19.8 Å². The van der Waals surface area contributed by atoms with Crippen LogP contribution in [0.3, 0.4) is 0 Å². The zero-order chi connectivity index (χ0) is 13.7. The summed E-state index contributed by atoms with van der Waals surface area (Å²) in [6.45, 7) is 3.74. The summed E-state index contributed by atoms with van der Waals surface area (Å²) < 4.78 is 0. The number of nitrogens with one attached hydrogen (secondary N) is 1. The molecule has 1 saturated heterocycles. The molecular formula is C15H22N2OS. The first-order valence-electron chi connectivity index (χ1n) is 6.88. The summed E-state index contributed by atoms with van der Waals surface area (Å²) in [5.41, 5.74) is 0. The summed E-state index contributed by atoms with van der Waals surface area (Å²) in [6, 6.07) is 10.6. The molecule has 0 spiro atoms. The normalized spacial score (nSPS) is 21.2. The van der Waals surface area contributed by atoms with Crippen LogP contribution in [0.5, 0.6) is 0 Å². The van der Waals surface area contributed by atoms with Crippen molar-refractivity contribution in [2.24, 2.45) is 0 Å². The number of hydrogen-bond acceptors (Lipinski definition) is 3. The van der Waals surface area contributed by atoms with Crippen molar-refractivity contribution in [2.75, 3.05) is 20.1 Å². The molecule has 1 aromatic rings. The number of amides is 1. The van der Waals surface area contributed by atoms with Gasteiger partial charge in [-0.3, -0.25) is 4.79 Å². The first-order chi connectivity index (χ1) is 9.20. The maximum atomic E-state index is 12.4. The lowest BCUT2D eigenvalue weighted by molar-refractivity contribution is -0.131. The quantitative estimate of drug-likeness (QED) is 0.858. The predicted molar refractivity (Wildman–Crippen MR) is 80.4 cm³/mol. The van der Waals surface area contributed by atoms with E-state index in [1.54, 1.807) is 11.8 Å². The molecule has 2 atom stereocenters. The molecule has 4 heteroatoms. The molecular weight excluding hydrogens is 256 g/mol. The molecule has 0 bridgehead atoms. The molecule has 0 radical (unpaired) electrons. The van der Waals surface area contributed by atoms with E-state index in [1.807, 2.05) is 37.1 Å². The van der Waals surface area contributed by atoms with Gasteiger partial charge in [0.15, 0.2) is 0 Å². The van der Waals surface area contributed by atoms with E-state index in [2.05, 4.69) is 17.4 Å². The summed E-state index contributed by atoms with van der Waals surface area (Å²) in [7, 11) is 1.97. The topological polar surface area (TPSA) is 32.3 Å². The Labute approximate surface area is 119 Å². The molecule has 1 N–H and O–H groups in total. The van der Waals surface area contributed by atoms with Gasteiger partial charge in [0, 0.05) is 24.0 Å². The Morgan fingerprint density at radius 1 is 1.42 bits per heavy atom. The van der Waals surface area contributed by atoms with Crippen LogP contribution in [0.15, 0.2) is 35.2 Å². The van der Waals surface area contributed by atoms with Gasteiger partial charge >= 0.3 is 0 Å². The molecule has 19 heavy (non-hydrogen) atoms. The van der Waals surface area contributed by atoms with E-state index in [4.69, 9.17) is 0 Å². The molecule has 1 fully saturated rings. The lowest BCUT2D eigenvalue weighted by atomic mass is 10.1. The van der Waals surface area contributed by atoms with Gasteiger partial charge in [-0.25, -0.2) is 0 Å². The smallest absolute Gasteiger partial charge is 0.235 e. The van der Waals surface area contributed by atoms with Gasteiger partial charge in [0.2, 0.25) is 5.91 Å². The lowest BCUT2D eigenvalue weighted by Gasteiger charge is -2.34. The third-order valence-electron chi connectivity index (χ3n) is 3.55. The SMILES string of the molecule is CNC1CCCN(C(=O)C(C)Sc2ccccc2)C1. The average molecular weight is 278 g/mol. The van der Waals surface area contributed by atoms with Crippen molar-refractivity contribution in [3.05, 3.63) is 30.3 Å². The number of nitrogens with zero attached hydrogens (tertiary/aromatic N) is 1. The zero-order valence-corrected chi connectivity index (χ0v) is 12.5. The molecule has 2 unspecified atom stereocenters. The summed E-state index contributed by atoms with van der Waals surface area (Å²) in [5, 5.41) is 3.26. The van der Waals surface area contributed by atoms with Crippen molar-refractivity contribution >= 4 is 17.7 Å². The van der Waals surface area contributed by atoms with E-state index in [9.17, 15) is 4.79 Å². The summed E-state index contributed by atoms with van der Waals surface area (Å²) in [5.74, 6) is 0.258. The van der Waals surface area contributed by atoms with Crippen LogP contribution in [0.4, 0.5) is 0 Å². The van der Waals surface area contributed by atoms with Gasteiger partial charge in [0.05, 0.1) is 5.25 Å². The number of hydrogen-bond donors (Lipinski definition) is 1. The minimum atomic E-state index is -0.0157. The second-order valence-electron chi connectivity index (χ2n) is 4.99. The average Bonchev–Trinajstić information content (AvgIpc) is 2.47. The number of likely N-dealkylation sites (tertiary alicyclic amines) is 1. The van der Waals surface area contributed by atoms with Gasteiger partial charge in [0.25, 0.3) is 0 Å². The van der Waals surface area contributed by atoms with Gasteiger partial charge < -0.3 is 10.2 Å². The number of likely N-dealkylation sites (N-methyl/N-ethyl adjacent to an activating group) is 1. The molecule has 2 rings (SSSR count). The number of rotatable bonds is 4. The van der Waals surface area contributed by atoms with Gasteiger partial charge in [-0.2, -0.15) is 0 Å². The largest absolute Gasteiger partial charge is 0.340 e. The van der Waals surface area contributed by atoms with E-state index in [-0.39, 0.29) is 11.2 Å². The Bertz CT molecular complexity index is 410. The van der Waals surface area contributed by atoms with Crippen LogP contribution in [-0.2, 0) is 4.79 Å². The first-order valence-corrected chi connectivity index (χ1v) is 7.76. The highest BCUT2D eigenvalue weighted by molar-refractivity contribution is 8.00. The number of thioether (sulfide) groups is 1. The fraction of sp³-hybridized carbons (Fsp3) is 0.533. The fourth-order valence-corrected chi connectivity index (χ4v) is 3.40. The fourth-order valence-electron chi connectivity index (χ4n) is 2.42. The molecule has 0 saturated carbocycles. The van der Waals surface area contributed by atoms with Crippen LogP contribution in [0.25, 0.3) is 0 Å². The van der Waals surface area contributed by atoms with Crippen LogP contribution in [-0.4, -0.2) is 42.2 Å². The van der Waals surface area contributed by atoms with E-state index in [1.165, 1.54) is 6.42 Å².